The number of aromatic nitrogens is 2. The van der Waals surface area contributed by atoms with Gasteiger partial charge in [-0.3, -0.25) is 0 Å². The minimum absolute atomic E-state index is 0.658. The van der Waals surface area contributed by atoms with E-state index in [2.05, 4.69) is 5.32 Å². The van der Waals surface area contributed by atoms with Gasteiger partial charge in [-0.15, -0.1) is 0 Å². The number of rotatable bonds is 4. The highest BCUT2D eigenvalue weighted by Crippen LogP contribution is 2.42. The van der Waals surface area contributed by atoms with Crippen LogP contribution in [0, 0.1) is 0 Å². The molecule has 1 aromatic heterocycles. The molecule has 2 aromatic carbocycles. The summed E-state index contributed by atoms with van der Waals surface area (Å²) in [5.41, 5.74) is 3.80. The second-order valence-corrected chi connectivity index (χ2v) is 6.16. The Balaban J connectivity index is 1.94. The lowest BCUT2D eigenvalue weighted by atomic mass is 10.1. The first kappa shape index (κ1) is 15.8. The standard InChI is InChI=1S/C19H18ClN3O2/c1-24-16-9-5-6-12(18(16)25-2)17-13-10-11-21-19(13)23(22-17)15-8-4-3-7-14(15)20/h3-9,21H,10-11H2,1-2H3. The number of benzene rings is 2. The smallest absolute Gasteiger partial charge is 0.170 e. The maximum absolute atomic E-state index is 6.39. The van der Waals surface area contributed by atoms with Crippen LogP contribution in [0.4, 0.5) is 5.82 Å². The van der Waals surface area contributed by atoms with Crippen molar-refractivity contribution < 1.29 is 9.47 Å². The third-order valence-electron chi connectivity index (χ3n) is 4.39. The third kappa shape index (κ3) is 2.51. The lowest BCUT2D eigenvalue weighted by Gasteiger charge is -2.12. The van der Waals surface area contributed by atoms with Crippen molar-refractivity contribution in [1.29, 1.82) is 0 Å². The molecule has 0 bridgehead atoms. The Kier molecular flexibility index (Phi) is 4.01. The van der Waals surface area contributed by atoms with Crippen molar-refractivity contribution in [2.45, 2.75) is 6.42 Å². The van der Waals surface area contributed by atoms with Crippen LogP contribution in [-0.4, -0.2) is 30.5 Å². The fourth-order valence-electron chi connectivity index (χ4n) is 3.26. The molecule has 0 amide bonds. The van der Waals surface area contributed by atoms with Gasteiger partial charge < -0.3 is 14.8 Å². The van der Waals surface area contributed by atoms with Crippen LogP contribution in [0.25, 0.3) is 16.9 Å². The maximum atomic E-state index is 6.39. The van der Waals surface area contributed by atoms with E-state index in [0.29, 0.717) is 16.5 Å². The first-order chi connectivity index (χ1) is 12.2. The van der Waals surface area contributed by atoms with Crippen LogP contribution in [-0.2, 0) is 6.42 Å². The molecule has 0 atom stereocenters. The summed E-state index contributed by atoms with van der Waals surface area (Å²) >= 11 is 6.39. The molecule has 2 heterocycles. The van der Waals surface area contributed by atoms with Gasteiger partial charge in [-0.05, 0) is 30.7 Å². The molecule has 0 radical (unpaired) electrons. The van der Waals surface area contributed by atoms with Crippen LogP contribution in [0.5, 0.6) is 11.5 Å². The molecule has 0 saturated carbocycles. The molecule has 0 unspecified atom stereocenters. The molecule has 3 aromatic rings. The summed E-state index contributed by atoms with van der Waals surface area (Å²) in [6, 6.07) is 13.5. The van der Waals surface area contributed by atoms with Gasteiger partial charge in [0, 0.05) is 17.7 Å². The monoisotopic (exact) mass is 355 g/mol. The van der Waals surface area contributed by atoms with E-state index in [4.69, 9.17) is 26.2 Å². The summed E-state index contributed by atoms with van der Waals surface area (Å²) < 4.78 is 12.9. The van der Waals surface area contributed by atoms with E-state index in [9.17, 15) is 0 Å². The molecule has 0 fully saturated rings. The highest BCUT2D eigenvalue weighted by Gasteiger charge is 2.27. The van der Waals surface area contributed by atoms with E-state index in [1.807, 2.05) is 47.1 Å². The molecule has 1 aliphatic heterocycles. The van der Waals surface area contributed by atoms with Crippen molar-refractivity contribution >= 4 is 17.4 Å². The second-order valence-electron chi connectivity index (χ2n) is 5.76. The van der Waals surface area contributed by atoms with Gasteiger partial charge in [-0.25, -0.2) is 4.68 Å². The van der Waals surface area contributed by atoms with Crippen molar-refractivity contribution in [1.82, 2.24) is 9.78 Å². The van der Waals surface area contributed by atoms with Gasteiger partial charge in [-0.2, -0.15) is 5.10 Å². The summed E-state index contributed by atoms with van der Waals surface area (Å²) in [6.07, 6.45) is 0.898. The summed E-state index contributed by atoms with van der Waals surface area (Å²) in [5, 5.41) is 8.93. The lowest BCUT2D eigenvalue weighted by Crippen LogP contribution is -2.05. The molecule has 5 nitrogen and oxygen atoms in total. The van der Waals surface area contributed by atoms with E-state index in [0.717, 1.165) is 41.3 Å². The topological polar surface area (TPSA) is 48.3 Å². The Morgan fingerprint density at radius 3 is 2.68 bits per heavy atom. The van der Waals surface area contributed by atoms with Crippen molar-refractivity contribution in [3.8, 4) is 28.4 Å². The molecule has 0 saturated heterocycles. The Hall–Kier alpha value is -2.66. The van der Waals surface area contributed by atoms with Crippen LogP contribution in [0.15, 0.2) is 42.5 Å². The molecular formula is C19H18ClN3O2. The molecule has 0 aliphatic carbocycles. The third-order valence-corrected chi connectivity index (χ3v) is 4.71. The fraction of sp³-hybridized carbons (Fsp3) is 0.211. The number of nitrogens with zero attached hydrogens (tertiary/aromatic N) is 2. The SMILES string of the molecule is COc1cccc(-c2nn(-c3ccccc3Cl)c3c2CCN3)c1OC. The van der Waals surface area contributed by atoms with Crippen molar-refractivity contribution in [3.05, 3.63) is 53.1 Å². The number of halogens is 1. The predicted molar refractivity (Wildman–Crippen MR) is 99.3 cm³/mol. The van der Waals surface area contributed by atoms with Gasteiger partial charge in [0.25, 0.3) is 0 Å². The number of nitrogens with one attached hydrogen (secondary N) is 1. The van der Waals surface area contributed by atoms with Crippen LogP contribution in [0.1, 0.15) is 5.56 Å². The van der Waals surface area contributed by atoms with Crippen LogP contribution in [0.2, 0.25) is 5.02 Å². The average molecular weight is 356 g/mol. The molecular weight excluding hydrogens is 338 g/mol. The first-order valence-electron chi connectivity index (χ1n) is 8.06. The maximum Gasteiger partial charge on any atom is 0.170 e. The highest BCUT2D eigenvalue weighted by molar-refractivity contribution is 6.32. The van der Waals surface area contributed by atoms with Gasteiger partial charge in [0.15, 0.2) is 11.5 Å². The lowest BCUT2D eigenvalue weighted by molar-refractivity contribution is 0.356. The highest BCUT2D eigenvalue weighted by atomic mass is 35.5. The Bertz CT molecular complexity index is 936. The average Bonchev–Trinajstić information content (AvgIpc) is 3.24. The van der Waals surface area contributed by atoms with E-state index in [1.54, 1.807) is 14.2 Å². The normalized spacial score (nSPS) is 12.6. The molecule has 6 heteroatoms. The Labute approximate surface area is 151 Å². The summed E-state index contributed by atoms with van der Waals surface area (Å²) in [6.45, 7) is 0.872. The van der Waals surface area contributed by atoms with Crippen molar-refractivity contribution in [2.75, 3.05) is 26.1 Å². The first-order valence-corrected chi connectivity index (χ1v) is 8.44. The molecule has 25 heavy (non-hydrogen) atoms. The number of anilines is 1. The number of hydrogen-bond acceptors (Lipinski definition) is 4. The van der Waals surface area contributed by atoms with Gasteiger partial charge in [0.1, 0.15) is 11.5 Å². The van der Waals surface area contributed by atoms with Crippen molar-refractivity contribution in [2.24, 2.45) is 0 Å². The number of fused-ring (bicyclic) bond motifs is 1. The zero-order valence-electron chi connectivity index (χ0n) is 14.0. The molecule has 4 rings (SSSR count). The van der Waals surface area contributed by atoms with Crippen LogP contribution in [0.3, 0.4) is 0 Å². The van der Waals surface area contributed by atoms with E-state index < -0.39 is 0 Å². The number of para-hydroxylation sites is 2. The van der Waals surface area contributed by atoms with Crippen molar-refractivity contribution in [3.63, 3.8) is 0 Å². The zero-order chi connectivity index (χ0) is 17.4. The molecule has 1 N–H and O–H groups in total. The minimum Gasteiger partial charge on any atom is -0.493 e. The van der Waals surface area contributed by atoms with E-state index >= 15 is 0 Å². The Morgan fingerprint density at radius 2 is 1.92 bits per heavy atom. The summed E-state index contributed by atoms with van der Waals surface area (Å²) in [7, 11) is 3.28. The van der Waals surface area contributed by atoms with Crippen LogP contribution >= 0.6 is 11.6 Å². The van der Waals surface area contributed by atoms with Gasteiger partial charge in [0.05, 0.1) is 24.9 Å². The fourth-order valence-corrected chi connectivity index (χ4v) is 3.48. The molecule has 1 aliphatic rings. The van der Waals surface area contributed by atoms with E-state index in [-0.39, 0.29) is 0 Å². The minimum atomic E-state index is 0.658. The zero-order valence-corrected chi connectivity index (χ0v) is 14.8. The largest absolute Gasteiger partial charge is 0.493 e. The number of methoxy groups -OCH3 is 2. The quantitative estimate of drug-likeness (QED) is 0.762. The second kappa shape index (κ2) is 6.33. The number of hydrogen-bond donors (Lipinski definition) is 1. The van der Waals surface area contributed by atoms with Crippen LogP contribution < -0.4 is 14.8 Å². The van der Waals surface area contributed by atoms with Gasteiger partial charge in [-0.1, -0.05) is 29.8 Å². The summed E-state index contributed by atoms with van der Waals surface area (Å²) in [4.78, 5) is 0. The van der Waals surface area contributed by atoms with Gasteiger partial charge >= 0.3 is 0 Å². The van der Waals surface area contributed by atoms with E-state index in [1.165, 1.54) is 0 Å². The van der Waals surface area contributed by atoms with Gasteiger partial charge in [0.2, 0.25) is 0 Å². The summed E-state index contributed by atoms with van der Waals surface area (Å²) in [5.74, 6) is 2.35. The molecule has 128 valence electrons. The Morgan fingerprint density at radius 1 is 1.08 bits per heavy atom. The number of ether oxygens (including phenoxy) is 2. The molecule has 0 spiro atoms. The predicted octanol–water partition coefficient (Wildman–Crippen LogP) is 4.18.